The topological polar surface area (TPSA) is 67.3 Å². The molecular weight excluding hydrogens is 615 g/mol. The molecule has 5 heteroatoms. The summed E-state index contributed by atoms with van der Waals surface area (Å²) < 4.78 is 0. The summed E-state index contributed by atoms with van der Waals surface area (Å²) in [5.74, 6) is 0.0479. The second-order valence-corrected chi connectivity index (χ2v) is 8.76. The van der Waals surface area contributed by atoms with Crippen molar-refractivity contribution in [1.82, 2.24) is 4.98 Å². The Morgan fingerprint density at radius 2 is 1.71 bits per heavy atom. The van der Waals surface area contributed by atoms with Crippen LogP contribution in [0.2, 0.25) is 0 Å². The second-order valence-electron chi connectivity index (χ2n) is 8.76. The second kappa shape index (κ2) is 10.5. The van der Waals surface area contributed by atoms with Gasteiger partial charge in [-0.15, -0.1) is 34.9 Å². The summed E-state index contributed by atoms with van der Waals surface area (Å²) in [5.41, 5.74) is 8.80. The van der Waals surface area contributed by atoms with Gasteiger partial charge in [0.2, 0.25) is 0 Å². The monoisotopic (exact) mass is 641 g/mol. The fourth-order valence-electron chi connectivity index (χ4n) is 4.49. The van der Waals surface area contributed by atoms with Gasteiger partial charge in [-0.1, -0.05) is 32.0 Å². The zero-order valence-corrected chi connectivity index (χ0v) is 22.7. The minimum Gasteiger partial charge on any atom is -0.512 e. The zero-order chi connectivity index (χ0) is 24.6. The van der Waals surface area contributed by atoms with Crippen LogP contribution in [0.15, 0.2) is 66.6 Å². The van der Waals surface area contributed by atoms with E-state index in [-0.39, 0.29) is 37.4 Å². The smallest absolute Gasteiger partial charge is 0.194 e. The number of carbonyl (C=O) groups excluding carboxylic acids is 2. The number of hydrogen-bond donors (Lipinski definition) is 1. The summed E-state index contributed by atoms with van der Waals surface area (Å²) in [5, 5.41) is 10.5. The first kappa shape index (κ1) is 26.2. The van der Waals surface area contributed by atoms with Crippen LogP contribution < -0.4 is 0 Å². The van der Waals surface area contributed by atoms with Crippen molar-refractivity contribution in [2.75, 3.05) is 0 Å². The van der Waals surface area contributed by atoms with Gasteiger partial charge in [0, 0.05) is 43.5 Å². The first-order valence-electron chi connectivity index (χ1n) is 11.1. The van der Waals surface area contributed by atoms with Crippen LogP contribution in [0, 0.1) is 26.8 Å². The minimum atomic E-state index is -0.125. The maximum atomic E-state index is 13.1. The Kier molecular flexibility index (Phi) is 7.84. The minimum absolute atomic E-state index is 0. The summed E-state index contributed by atoms with van der Waals surface area (Å²) in [7, 11) is 0. The van der Waals surface area contributed by atoms with Crippen LogP contribution in [0.4, 0.5) is 0 Å². The summed E-state index contributed by atoms with van der Waals surface area (Å²) in [6.07, 6.45) is 3.00. The van der Waals surface area contributed by atoms with E-state index in [0.29, 0.717) is 0 Å². The summed E-state index contributed by atoms with van der Waals surface area (Å²) in [6, 6.07) is 19.8. The number of aliphatic hydroxyl groups is 1. The van der Waals surface area contributed by atoms with Crippen LogP contribution in [0.5, 0.6) is 0 Å². The fourth-order valence-corrected chi connectivity index (χ4v) is 4.49. The SMILES string of the molecule is CC(=O)/C=C(/C)O.Cc1[c-]c(-c2nccc3cc4c(cc23)C(=O)c2c(C)cccc2-4)cc(C)c1.[Ir]. The number of carbonyl (C=O) groups is 2. The van der Waals surface area contributed by atoms with E-state index in [2.05, 4.69) is 36.2 Å². The van der Waals surface area contributed by atoms with Crippen LogP contribution in [0.3, 0.4) is 0 Å². The number of aromatic nitrogens is 1. The first-order valence-corrected chi connectivity index (χ1v) is 11.1. The van der Waals surface area contributed by atoms with Crippen molar-refractivity contribution in [2.24, 2.45) is 0 Å². The maximum absolute atomic E-state index is 13.1. The molecule has 1 aromatic heterocycles. The number of benzene rings is 3. The van der Waals surface area contributed by atoms with Crippen LogP contribution in [0.1, 0.15) is 46.5 Å². The van der Waals surface area contributed by atoms with Gasteiger partial charge in [0.25, 0.3) is 0 Å². The Morgan fingerprint density at radius 1 is 0.971 bits per heavy atom. The molecule has 1 radical (unpaired) electrons. The van der Waals surface area contributed by atoms with E-state index >= 15 is 0 Å². The van der Waals surface area contributed by atoms with E-state index in [4.69, 9.17) is 5.11 Å². The van der Waals surface area contributed by atoms with Crippen molar-refractivity contribution >= 4 is 22.3 Å². The van der Waals surface area contributed by atoms with Crippen molar-refractivity contribution in [1.29, 1.82) is 0 Å². The molecule has 0 saturated carbocycles. The number of fused-ring (bicyclic) bond motifs is 4. The van der Waals surface area contributed by atoms with Gasteiger partial charge in [0.1, 0.15) is 0 Å². The average Bonchev–Trinajstić information content (AvgIpc) is 3.03. The van der Waals surface area contributed by atoms with Crippen molar-refractivity contribution in [3.05, 3.63) is 100 Å². The Hall–Kier alpha value is -3.40. The molecule has 35 heavy (non-hydrogen) atoms. The molecule has 179 valence electrons. The van der Waals surface area contributed by atoms with Gasteiger partial charge in [-0.25, -0.2) is 0 Å². The molecule has 0 fully saturated rings. The number of ketones is 2. The molecule has 5 rings (SSSR count). The van der Waals surface area contributed by atoms with Gasteiger partial charge < -0.3 is 10.1 Å². The van der Waals surface area contributed by atoms with Gasteiger partial charge in [-0.05, 0) is 72.1 Å². The third-order valence-electron chi connectivity index (χ3n) is 5.75. The predicted molar refractivity (Wildman–Crippen MR) is 136 cm³/mol. The summed E-state index contributed by atoms with van der Waals surface area (Å²) in [4.78, 5) is 27.7. The van der Waals surface area contributed by atoms with Crippen molar-refractivity contribution in [3.63, 3.8) is 0 Å². The van der Waals surface area contributed by atoms with Gasteiger partial charge >= 0.3 is 0 Å². The van der Waals surface area contributed by atoms with E-state index in [1.165, 1.54) is 25.5 Å². The molecule has 0 saturated heterocycles. The third-order valence-corrected chi connectivity index (χ3v) is 5.75. The number of allylic oxidation sites excluding steroid dienone is 2. The molecule has 1 aliphatic carbocycles. The van der Waals surface area contributed by atoms with Crippen LogP contribution in [-0.2, 0) is 24.9 Å². The normalized spacial score (nSPS) is 11.8. The standard InChI is InChI=1S/C25H18NO.C5H8O2.Ir/c1-14-9-15(2)11-18(10-14)24-20-13-22-21(12-17(20)7-8-26-24)19-6-4-5-16(3)23(19)25(22)27;1-4(6)3-5(2)7;/h4-10,12-13H,1-3H3;3,6H,1-2H3;/q-1;;/b;4-3-;. The maximum Gasteiger partial charge on any atom is 0.194 e. The number of nitrogens with zero attached hydrogens (tertiary/aromatic N) is 1. The molecule has 4 aromatic rings. The Bertz CT molecular complexity index is 1480. The molecule has 1 aliphatic rings. The molecule has 1 heterocycles. The van der Waals surface area contributed by atoms with E-state index in [1.54, 1.807) is 0 Å². The molecule has 3 aromatic carbocycles. The van der Waals surface area contributed by atoms with Crippen LogP contribution >= 0.6 is 0 Å². The quantitative estimate of drug-likeness (QED) is 0.130. The number of aliphatic hydroxyl groups excluding tert-OH is 1. The third kappa shape index (κ3) is 5.32. The Morgan fingerprint density at radius 3 is 2.34 bits per heavy atom. The Labute approximate surface area is 219 Å². The Balaban J connectivity index is 0.000000378. The number of aryl methyl sites for hydroxylation is 3. The van der Waals surface area contributed by atoms with Crippen molar-refractivity contribution in [3.8, 4) is 22.4 Å². The van der Waals surface area contributed by atoms with Gasteiger partial charge in [0.05, 0.1) is 5.76 Å². The van der Waals surface area contributed by atoms with Gasteiger partial charge in [-0.3, -0.25) is 9.59 Å². The van der Waals surface area contributed by atoms with Crippen molar-refractivity contribution in [2.45, 2.75) is 34.6 Å². The number of pyridine rings is 1. The molecule has 4 nitrogen and oxygen atoms in total. The molecular formula is C30H26IrNO3-. The largest absolute Gasteiger partial charge is 0.512 e. The molecule has 0 unspecified atom stereocenters. The molecule has 0 spiro atoms. The summed E-state index contributed by atoms with van der Waals surface area (Å²) in [6.45, 7) is 8.97. The molecule has 0 amide bonds. The van der Waals surface area contributed by atoms with Gasteiger partial charge in [-0.2, -0.15) is 0 Å². The van der Waals surface area contributed by atoms with Crippen molar-refractivity contribution < 1.29 is 34.8 Å². The fraction of sp³-hybridized carbons (Fsp3) is 0.167. The average molecular weight is 641 g/mol. The van der Waals surface area contributed by atoms with Gasteiger partial charge in [0.15, 0.2) is 11.6 Å². The molecule has 1 N–H and O–H groups in total. The number of rotatable bonds is 2. The van der Waals surface area contributed by atoms with Crippen LogP contribution in [0.25, 0.3) is 33.2 Å². The van der Waals surface area contributed by atoms with E-state index in [9.17, 15) is 9.59 Å². The molecule has 0 bridgehead atoms. The summed E-state index contributed by atoms with van der Waals surface area (Å²) >= 11 is 0. The predicted octanol–water partition coefficient (Wildman–Crippen LogP) is 6.87. The van der Waals surface area contributed by atoms with E-state index in [1.807, 2.05) is 50.4 Å². The first-order chi connectivity index (χ1) is 16.2. The molecule has 0 aliphatic heterocycles. The van der Waals surface area contributed by atoms with E-state index in [0.717, 1.165) is 55.4 Å². The number of hydrogen-bond acceptors (Lipinski definition) is 4. The van der Waals surface area contributed by atoms with E-state index < -0.39 is 0 Å². The molecule has 0 atom stereocenters. The zero-order valence-electron chi connectivity index (χ0n) is 20.3. The van der Waals surface area contributed by atoms with Crippen LogP contribution in [-0.4, -0.2) is 21.7 Å².